The summed E-state index contributed by atoms with van der Waals surface area (Å²) >= 11 is 0. The SMILES string of the molecule is C#Cc1cccc(NC(=O)CNC(=O)c2ccc(=O)n(C)n2)c1. The van der Waals surface area contributed by atoms with Crippen LogP contribution in [0.1, 0.15) is 16.1 Å². The summed E-state index contributed by atoms with van der Waals surface area (Å²) in [4.78, 5) is 34.9. The Labute approximate surface area is 132 Å². The highest BCUT2D eigenvalue weighted by molar-refractivity contribution is 5.98. The van der Waals surface area contributed by atoms with Gasteiger partial charge in [0.2, 0.25) is 5.91 Å². The molecule has 0 atom stereocenters. The number of carbonyl (C=O) groups excluding carboxylic acids is 2. The number of rotatable bonds is 4. The quantitative estimate of drug-likeness (QED) is 0.785. The van der Waals surface area contributed by atoms with Crippen LogP contribution >= 0.6 is 0 Å². The Hall–Kier alpha value is -3.40. The zero-order valence-corrected chi connectivity index (χ0v) is 12.4. The van der Waals surface area contributed by atoms with Crippen LogP contribution in [0.15, 0.2) is 41.2 Å². The van der Waals surface area contributed by atoms with Crippen LogP contribution in [-0.4, -0.2) is 28.1 Å². The lowest BCUT2D eigenvalue weighted by Crippen LogP contribution is -2.34. The van der Waals surface area contributed by atoms with Crippen molar-refractivity contribution in [1.82, 2.24) is 15.1 Å². The van der Waals surface area contributed by atoms with Gasteiger partial charge in [0.1, 0.15) is 5.69 Å². The molecule has 0 aliphatic carbocycles. The van der Waals surface area contributed by atoms with Gasteiger partial charge in [-0.2, -0.15) is 5.10 Å². The molecule has 2 amide bonds. The summed E-state index contributed by atoms with van der Waals surface area (Å²) in [6, 6.07) is 9.32. The predicted molar refractivity (Wildman–Crippen MR) is 84.8 cm³/mol. The van der Waals surface area contributed by atoms with Crippen molar-refractivity contribution in [2.75, 3.05) is 11.9 Å². The Morgan fingerprint density at radius 2 is 2.09 bits per heavy atom. The van der Waals surface area contributed by atoms with Gasteiger partial charge in [-0.25, -0.2) is 4.68 Å². The molecule has 1 aromatic carbocycles. The molecule has 7 nitrogen and oxygen atoms in total. The van der Waals surface area contributed by atoms with Crippen molar-refractivity contribution in [3.05, 3.63) is 58.0 Å². The molecule has 1 heterocycles. The maximum absolute atomic E-state index is 11.9. The molecule has 0 aliphatic heterocycles. The number of nitrogens with zero attached hydrogens (tertiary/aromatic N) is 2. The highest BCUT2D eigenvalue weighted by Gasteiger charge is 2.10. The van der Waals surface area contributed by atoms with Gasteiger partial charge in [0.15, 0.2) is 0 Å². The van der Waals surface area contributed by atoms with Gasteiger partial charge in [-0.3, -0.25) is 14.4 Å². The topological polar surface area (TPSA) is 93.1 Å². The molecule has 0 unspecified atom stereocenters. The largest absolute Gasteiger partial charge is 0.342 e. The van der Waals surface area contributed by atoms with E-state index in [0.717, 1.165) is 4.68 Å². The monoisotopic (exact) mass is 310 g/mol. The van der Waals surface area contributed by atoms with Gasteiger partial charge in [-0.1, -0.05) is 12.0 Å². The number of carbonyl (C=O) groups is 2. The summed E-state index contributed by atoms with van der Waals surface area (Å²) in [5, 5.41) is 8.84. The summed E-state index contributed by atoms with van der Waals surface area (Å²) in [5.74, 6) is 1.51. The number of amides is 2. The Kier molecular flexibility index (Phi) is 4.89. The Balaban J connectivity index is 1.93. The van der Waals surface area contributed by atoms with Crippen LogP contribution in [0.4, 0.5) is 5.69 Å². The first-order chi connectivity index (χ1) is 11.0. The second-order valence-corrected chi connectivity index (χ2v) is 4.64. The average molecular weight is 310 g/mol. The Morgan fingerprint density at radius 1 is 1.30 bits per heavy atom. The fraction of sp³-hybridized carbons (Fsp3) is 0.125. The predicted octanol–water partition coefficient (Wildman–Crippen LogP) is 0.130. The summed E-state index contributed by atoms with van der Waals surface area (Å²) < 4.78 is 1.04. The maximum Gasteiger partial charge on any atom is 0.272 e. The van der Waals surface area contributed by atoms with Crippen LogP contribution in [0, 0.1) is 12.3 Å². The van der Waals surface area contributed by atoms with E-state index in [1.807, 2.05) is 0 Å². The van der Waals surface area contributed by atoms with E-state index < -0.39 is 11.8 Å². The lowest BCUT2D eigenvalue weighted by atomic mass is 10.2. The number of hydrogen-bond donors (Lipinski definition) is 2. The first kappa shape index (κ1) is 16.0. The first-order valence-corrected chi connectivity index (χ1v) is 6.68. The molecule has 0 bridgehead atoms. The van der Waals surface area contributed by atoms with Gasteiger partial charge in [-0.05, 0) is 24.3 Å². The minimum atomic E-state index is -0.548. The highest BCUT2D eigenvalue weighted by Crippen LogP contribution is 2.09. The smallest absolute Gasteiger partial charge is 0.272 e. The van der Waals surface area contributed by atoms with Crippen molar-refractivity contribution < 1.29 is 9.59 Å². The molecule has 0 aliphatic rings. The van der Waals surface area contributed by atoms with Gasteiger partial charge >= 0.3 is 0 Å². The van der Waals surface area contributed by atoms with Gasteiger partial charge in [0.25, 0.3) is 11.5 Å². The molecule has 2 aromatic rings. The molecule has 7 heteroatoms. The zero-order valence-electron chi connectivity index (χ0n) is 12.4. The van der Waals surface area contributed by atoms with E-state index in [-0.39, 0.29) is 17.8 Å². The van der Waals surface area contributed by atoms with E-state index in [0.29, 0.717) is 11.3 Å². The molecular weight excluding hydrogens is 296 g/mol. The fourth-order valence-electron chi connectivity index (χ4n) is 1.77. The Morgan fingerprint density at radius 3 is 2.78 bits per heavy atom. The highest BCUT2D eigenvalue weighted by atomic mass is 16.2. The third-order valence-electron chi connectivity index (χ3n) is 2.92. The minimum absolute atomic E-state index is 0.0502. The van der Waals surface area contributed by atoms with Gasteiger partial charge in [0, 0.05) is 24.4 Å². The van der Waals surface area contributed by atoms with Crippen LogP contribution in [0.3, 0.4) is 0 Å². The van der Waals surface area contributed by atoms with Crippen molar-refractivity contribution in [3.8, 4) is 12.3 Å². The molecule has 1 aromatic heterocycles. The average Bonchev–Trinajstić information content (AvgIpc) is 2.55. The second-order valence-electron chi connectivity index (χ2n) is 4.64. The summed E-state index contributed by atoms with van der Waals surface area (Å²) in [6.07, 6.45) is 5.28. The van der Waals surface area contributed by atoms with Crippen molar-refractivity contribution in [2.45, 2.75) is 0 Å². The van der Waals surface area contributed by atoms with E-state index >= 15 is 0 Å². The molecule has 0 saturated heterocycles. The van der Waals surface area contributed by atoms with E-state index in [9.17, 15) is 14.4 Å². The standard InChI is InChI=1S/C16H14N4O3/c1-3-11-5-4-6-12(9-11)18-14(21)10-17-16(23)13-7-8-15(22)20(2)19-13/h1,4-9H,10H2,2H3,(H,17,23)(H,18,21). The zero-order chi connectivity index (χ0) is 16.8. The third-order valence-corrected chi connectivity index (χ3v) is 2.92. The molecule has 0 spiro atoms. The number of nitrogens with one attached hydrogen (secondary N) is 2. The van der Waals surface area contributed by atoms with E-state index in [1.165, 1.54) is 19.2 Å². The molecule has 116 valence electrons. The maximum atomic E-state index is 11.9. The summed E-state index contributed by atoms with van der Waals surface area (Å²) in [7, 11) is 1.43. The molecular formula is C16H14N4O3. The number of aromatic nitrogens is 2. The minimum Gasteiger partial charge on any atom is -0.342 e. The summed E-state index contributed by atoms with van der Waals surface area (Å²) in [5.41, 5.74) is 0.906. The number of hydrogen-bond acceptors (Lipinski definition) is 4. The number of anilines is 1. The first-order valence-electron chi connectivity index (χ1n) is 6.68. The molecule has 0 saturated carbocycles. The van der Waals surface area contributed by atoms with E-state index in [1.54, 1.807) is 24.3 Å². The number of aryl methyl sites for hydroxylation is 1. The van der Waals surface area contributed by atoms with Crippen LogP contribution in [-0.2, 0) is 11.8 Å². The van der Waals surface area contributed by atoms with Crippen molar-refractivity contribution >= 4 is 17.5 Å². The van der Waals surface area contributed by atoms with Crippen molar-refractivity contribution in [1.29, 1.82) is 0 Å². The van der Waals surface area contributed by atoms with E-state index in [2.05, 4.69) is 21.7 Å². The second kappa shape index (κ2) is 7.04. The van der Waals surface area contributed by atoms with Gasteiger partial charge < -0.3 is 10.6 Å². The molecule has 0 fully saturated rings. The third kappa shape index (κ3) is 4.28. The molecule has 2 N–H and O–H groups in total. The van der Waals surface area contributed by atoms with Crippen molar-refractivity contribution in [2.24, 2.45) is 7.05 Å². The Bertz CT molecular complexity index is 849. The van der Waals surface area contributed by atoms with Crippen LogP contribution in [0.5, 0.6) is 0 Å². The molecule has 23 heavy (non-hydrogen) atoms. The van der Waals surface area contributed by atoms with Crippen LogP contribution in [0.25, 0.3) is 0 Å². The van der Waals surface area contributed by atoms with Crippen molar-refractivity contribution in [3.63, 3.8) is 0 Å². The molecule has 2 rings (SSSR count). The lowest BCUT2D eigenvalue weighted by Gasteiger charge is -2.07. The van der Waals surface area contributed by atoms with Gasteiger partial charge in [0.05, 0.1) is 6.54 Å². The number of benzene rings is 1. The van der Waals surface area contributed by atoms with Gasteiger partial charge in [-0.15, -0.1) is 6.42 Å². The number of terminal acetylenes is 1. The van der Waals surface area contributed by atoms with Crippen LogP contribution in [0.2, 0.25) is 0 Å². The normalized spacial score (nSPS) is 9.74. The fourth-order valence-corrected chi connectivity index (χ4v) is 1.77. The summed E-state index contributed by atoms with van der Waals surface area (Å²) in [6.45, 7) is -0.233. The lowest BCUT2D eigenvalue weighted by molar-refractivity contribution is -0.115. The van der Waals surface area contributed by atoms with E-state index in [4.69, 9.17) is 6.42 Å². The van der Waals surface area contributed by atoms with Crippen LogP contribution < -0.4 is 16.2 Å². The molecule has 0 radical (unpaired) electrons.